The molecule has 0 radical (unpaired) electrons. The third-order valence-electron chi connectivity index (χ3n) is 11.6. The molecular formula is C42H37ClF6N8O5S. The fourth-order valence-electron chi connectivity index (χ4n) is 9.11. The van der Waals surface area contributed by atoms with Crippen LogP contribution in [0.1, 0.15) is 79.0 Å². The normalized spacial score (nSPS) is 20.8. The van der Waals surface area contributed by atoms with Gasteiger partial charge in [-0.3, -0.25) is 28.2 Å². The van der Waals surface area contributed by atoms with Crippen molar-refractivity contribution in [2.24, 2.45) is 13.0 Å². The molecule has 13 nitrogen and oxygen atoms in total. The summed E-state index contributed by atoms with van der Waals surface area (Å²) in [6.07, 6.45) is -0.641. The van der Waals surface area contributed by atoms with E-state index in [4.69, 9.17) is 21.3 Å². The standard InChI is InChI=1S/C42H37ClF6N8O5S/c1-18-9-22(10-19(2)62-18)21-5-6-25-29(14-21)51-40(57(41(25)59)31-8-7-28(43)34-36(31)55(3)53-39(34)54-63(4,60)61)30(13-20-11-23(44)15-24(45)12-20)50-32(58)17-56-37-33(35(52-56)38(46)47)26-16-27(26)42(37,48)49/h5-9,11-12,14-15,18-19,26-27,30,38H,10,13,16-17H2,1-4H3,(H,50,58)(H,53,54)/t18-,19+,26-,27+,30-/m0/s1. The minimum Gasteiger partial charge on any atom is -0.371 e. The van der Waals surface area contributed by atoms with Gasteiger partial charge in [0.25, 0.3) is 17.9 Å². The van der Waals surface area contributed by atoms with E-state index < -0.39 is 87.7 Å². The van der Waals surface area contributed by atoms with Crippen molar-refractivity contribution in [1.82, 2.24) is 34.4 Å². The van der Waals surface area contributed by atoms with Crippen LogP contribution in [0.5, 0.6) is 0 Å². The lowest BCUT2D eigenvalue weighted by Crippen LogP contribution is -2.38. The molecule has 0 unspecified atom stereocenters. The van der Waals surface area contributed by atoms with Crippen molar-refractivity contribution in [2.45, 2.75) is 76.2 Å². The fraction of sp³-hybridized carbons (Fsp3) is 0.357. The summed E-state index contributed by atoms with van der Waals surface area (Å²) in [7, 11) is -2.44. The Morgan fingerprint density at radius 1 is 1.06 bits per heavy atom. The van der Waals surface area contributed by atoms with Gasteiger partial charge < -0.3 is 10.1 Å². The first-order chi connectivity index (χ1) is 29.7. The van der Waals surface area contributed by atoms with E-state index in [0.717, 1.165) is 28.5 Å². The van der Waals surface area contributed by atoms with Crippen molar-refractivity contribution >= 4 is 60.7 Å². The highest BCUT2D eigenvalue weighted by atomic mass is 35.5. The molecule has 2 N–H and O–H groups in total. The Morgan fingerprint density at radius 3 is 2.48 bits per heavy atom. The number of hydrogen-bond acceptors (Lipinski definition) is 8. The van der Waals surface area contributed by atoms with Crippen LogP contribution < -0.4 is 15.6 Å². The number of rotatable bonds is 11. The minimum absolute atomic E-state index is 0.000308. The van der Waals surface area contributed by atoms with Crippen LogP contribution in [-0.2, 0) is 45.5 Å². The van der Waals surface area contributed by atoms with Crippen LogP contribution >= 0.6 is 11.6 Å². The number of hydrogen-bond donors (Lipinski definition) is 2. The summed E-state index contributed by atoms with van der Waals surface area (Å²) in [6, 6.07) is 8.93. The lowest BCUT2D eigenvalue weighted by Gasteiger charge is -2.26. The van der Waals surface area contributed by atoms with E-state index in [1.807, 2.05) is 19.9 Å². The molecule has 21 heteroatoms. The fourth-order valence-corrected chi connectivity index (χ4v) is 9.84. The van der Waals surface area contributed by atoms with Crippen LogP contribution in [-0.4, -0.2) is 61.9 Å². The van der Waals surface area contributed by atoms with Crippen LogP contribution in [0.3, 0.4) is 0 Å². The van der Waals surface area contributed by atoms with Gasteiger partial charge in [-0.25, -0.2) is 31.0 Å². The lowest BCUT2D eigenvalue weighted by molar-refractivity contribution is -0.123. The second-order valence-electron chi connectivity index (χ2n) is 16.3. The zero-order chi connectivity index (χ0) is 45.0. The van der Waals surface area contributed by atoms with E-state index in [9.17, 15) is 30.8 Å². The molecule has 0 bridgehead atoms. The van der Waals surface area contributed by atoms with Crippen molar-refractivity contribution in [3.8, 4) is 5.69 Å². The van der Waals surface area contributed by atoms with Crippen molar-refractivity contribution < 1.29 is 44.3 Å². The summed E-state index contributed by atoms with van der Waals surface area (Å²) in [5, 5.41) is 11.0. The molecule has 0 saturated heterocycles. The number of ether oxygens (including phenoxy) is 1. The second kappa shape index (κ2) is 15.2. The molecule has 5 atom stereocenters. The molecule has 1 fully saturated rings. The zero-order valence-corrected chi connectivity index (χ0v) is 35.3. The van der Waals surface area contributed by atoms with E-state index in [2.05, 4.69) is 20.2 Å². The summed E-state index contributed by atoms with van der Waals surface area (Å²) >= 11 is 6.65. The molecule has 2 aliphatic carbocycles. The molecular weight excluding hydrogens is 878 g/mol. The predicted molar refractivity (Wildman–Crippen MR) is 221 cm³/mol. The Kier molecular flexibility index (Phi) is 10.3. The smallest absolute Gasteiger partial charge is 0.293 e. The first kappa shape index (κ1) is 42.6. The molecule has 0 spiro atoms. The first-order valence-electron chi connectivity index (χ1n) is 19.8. The molecule has 3 aromatic heterocycles. The zero-order valence-electron chi connectivity index (χ0n) is 33.8. The molecule has 4 heterocycles. The van der Waals surface area contributed by atoms with E-state index in [0.29, 0.717) is 22.7 Å². The number of carbonyl (C=O) groups is 1. The first-order valence-corrected chi connectivity index (χ1v) is 22.0. The average Bonchev–Trinajstić information content (AvgIpc) is 3.72. The van der Waals surface area contributed by atoms with Gasteiger partial charge in [-0.05, 0) is 85.7 Å². The third-order valence-corrected chi connectivity index (χ3v) is 12.4. The maximum Gasteiger partial charge on any atom is 0.293 e. The van der Waals surface area contributed by atoms with Crippen molar-refractivity contribution in [2.75, 3.05) is 11.0 Å². The third kappa shape index (κ3) is 7.64. The van der Waals surface area contributed by atoms with Crippen molar-refractivity contribution in [1.29, 1.82) is 0 Å². The van der Waals surface area contributed by atoms with Crippen molar-refractivity contribution in [3.05, 3.63) is 116 Å². The number of sulfonamides is 1. The van der Waals surface area contributed by atoms with Crippen LogP contribution in [0.25, 0.3) is 33.1 Å². The number of nitrogens with zero attached hydrogens (tertiary/aromatic N) is 6. The summed E-state index contributed by atoms with van der Waals surface area (Å²) in [5.41, 5.74) is -0.725. The number of aromatic nitrogens is 6. The van der Waals surface area contributed by atoms with Gasteiger partial charge in [-0.15, -0.1) is 0 Å². The number of anilines is 1. The Hall–Kier alpha value is -5.73. The molecule has 1 amide bonds. The molecule has 1 saturated carbocycles. The second-order valence-corrected chi connectivity index (χ2v) is 18.5. The highest BCUT2D eigenvalue weighted by Gasteiger charge is 2.67. The van der Waals surface area contributed by atoms with E-state index >= 15 is 13.6 Å². The van der Waals surface area contributed by atoms with Gasteiger partial charge in [0.05, 0.1) is 57.0 Å². The van der Waals surface area contributed by atoms with E-state index in [-0.39, 0.29) is 73.9 Å². The van der Waals surface area contributed by atoms with Gasteiger partial charge in [0, 0.05) is 31.0 Å². The Morgan fingerprint density at radius 2 is 1.79 bits per heavy atom. The highest BCUT2D eigenvalue weighted by molar-refractivity contribution is 7.92. The van der Waals surface area contributed by atoms with Crippen LogP contribution in [0, 0.1) is 17.6 Å². The lowest BCUT2D eigenvalue weighted by atomic mass is 9.95. The van der Waals surface area contributed by atoms with Crippen LogP contribution in [0.2, 0.25) is 5.02 Å². The number of carbonyl (C=O) groups excluding carboxylic acids is 1. The summed E-state index contributed by atoms with van der Waals surface area (Å²) in [6.45, 7) is 2.83. The van der Waals surface area contributed by atoms with Crippen molar-refractivity contribution in [3.63, 3.8) is 0 Å². The predicted octanol–water partition coefficient (Wildman–Crippen LogP) is 7.60. The maximum atomic E-state index is 15.6. The molecule has 9 rings (SSSR count). The van der Waals surface area contributed by atoms with Gasteiger partial charge in [0.15, 0.2) is 5.82 Å². The van der Waals surface area contributed by atoms with Gasteiger partial charge >= 0.3 is 0 Å². The number of amides is 1. The van der Waals surface area contributed by atoms with Gasteiger partial charge in [-0.1, -0.05) is 23.7 Å². The molecule has 1 aliphatic heterocycles. The Labute approximate surface area is 359 Å². The highest BCUT2D eigenvalue weighted by Crippen LogP contribution is 2.68. The summed E-state index contributed by atoms with van der Waals surface area (Å²) in [4.78, 5) is 34.2. The number of alkyl halides is 4. The minimum atomic E-state index is -3.91. The van der Waals surface area contributed by atoms with E-state index in [1.54, 1.807) is 18.2 Å². The topological polar surface area (TPSA) is 155 Å². The quantitative estimate of drug-likeness (QED) is 0.126. The van der Waals surface area contributed by atoms with Crippen LogP contribution in [0.15, 0.2) is 59.4 Å². The summed E-state index contributed by atoms with van der Waals surface area (Å²) in [5.74, 6) is -8.94. The number of fused-ring (bicyclic) bond motifs is 5. The SMILES string of the molecule is C[C@@H]1CC(c2ccc3c(=O)n(-c4ccc(Cl)c5c(NS(C)(=O)=O)nn(C)c45)c([C@H](Cc4cc(F)cc(F)c4)NC(=O)Cn4nc(C(F)F)c5c4C(F)(F)[C@@H]4C[C@H]54)nc3c2)=C[C@H](C)O1. The molecule has 6 aromatic rings. The van der Waals surface area contributed by atoms with Gasteiger partial charge in [0.2, 0.25) is 15.9 Å². The van der Waals surface area contributed by atoms with Gasteiger partial charge in [-0.2, -0.15) is 19.0 Å². The Bertz CT molecular complexity index is 3100. The number of aryl methyl sites for hydroxylation is 1. The maximum absolute atomic E-state index is 15.6. The molecule has 330 valence electrons. The Balaban J connectivity index is 1.25. The number of halogens is 7. The molecule has 63 heavy (non-hydrogen) atoms. The van der Waals surface area contributed by atoms with Crippen LogP contribution in [0.4, 0.5) is 32.2 Å². The summed E-state index contributed by atoms with van der Waals surface area (Å²) < 4.78 is 125. The van der Waals surface area contributed by atoms with Gasteiger partial charge in [0.1, 0.15) is 35.4 Å². The average molecular weight is 915 g/mol. The number of benzene rings is 3. The van der Waals surface area contributed by atoms with E-state index in [1.165, 1.54) is 23.9 Å². The molecule has 3 aromatic carbocycles. The number of nitrogens with one attached hydrogen (secondary N) is 2. The largest absolute Gasteiger partial charge is 0.371 e. The molecule has 3 aliphatic rings. The monoisotopic (exact) mass is 914 g/mol.